The fraction of sp³-hybridized carbons (Fsp3) is 0.562. The van der Waals surface area contributed by atoms with E-state index < -0.39 is 0 Å². The number of primary amides is 1. The van der Waals surface area contributed by atoms with Crippen molar-refractivity contribution in [2.24, 2.45) is 5.73 Å². The second-order valence-electron chi connectivity index (χ2n) is 6.06. The maximum absolute atomic E-state index is 11.3. The summed E-state index contributed by atoms with van der Waals surface area (Å²) in [6, 6.07) is 7.10. The van der Waals surface area contributed by atoms with Crippen LogP contribution < -0.4 is 16.0 Å². The minimum absolute atomic E-state index is 0.389. The van der Waals surface area contributed by atoms with Gasteiger partial charge in [-0.15, -0.1) is 0 Å². The van der Waals surface area contributed by atoms with E-state index in [9.17, 15) is 4.79 Å². The average Bonchev–Trinajstić information content (AvgIpc) is 3.30. The highest BCUT2D eigenvalue weighted by atomic mass is 79.9. The van der Waals surface area contributed by atoms with Gasteiger partial charge in [-0.2, -0.15) is 0 Å². The Morgan fingerprint density at radius 1 is 1.33 bits per heavy atom. The third kappa shape index (κ3) is 3.58. The summed E-state index contributed by atoms with van der Waals surface area (Å²) in [6.45, 7) is 2.18. The number of hydrogen-bond donors (Lipinski definition) is 2. The highest BCUT2D eigenvalue weighted by molar-refractivity contribution is 9.10. The van der Waals surface area contributed by atoms with Gasteiger partial charge in [-0.3, -0.25) is 4.79 Å². The molecule has 1 heterocycles. The van der Waals surface area contributed by atoms with Gasteiger partial charge in [-0.25, -0.2) is 0 Å². The van der Waals surface area contributed by atoms with Crippen molar-refractivity contribution in [3.05, 3.63) is 28.2 Å². The quantitative estimate of drug-likeness (QED) is 0.857. The van der Waals surface area contributed by atoms with Crippen LogP contribution in [0, 0.1) is 0 Å². The van der Waals surface area contributed by atoms with Crippen LogP contribution in [0.1, 0.15) is 42.5 Å². The number of carbonyl (C=O) groups excluding carboxylic acids is 1. The van der Waals surface area contributed by atoms with E-state index in [2.05, 4.69) is 26.1 Å². The molecule has 1 atom stereocenters. The van der Waals surface area contributed by atoms with E-state index >= 15 is 0 Å². The van der Waals surface area contributed by atoms with E-state index in [0.29, 0.717) is 17.6 Å². The van der Waals surface area contributed by atoms with Crippen molar-refractivity contribution in [3.8, 4) is 0 Å². The number of anilines is 1. The van der Waals surface area contributed by atoms with E-state index in [4.69, 9.17) is 5.73 Å². The Morgan fingerprint density at radius 3 is 2.71 bits per heavy atom. The smallest absolute Gasteiger partial charge is 0.249 e. The zero-order valence-electron chi connectivity index (χ0n) is 12.1. The number of nitrogens with two attached hydrogens (primary N) is 1. The van der Waals surface area contributed by atoms with Crippen molar-refractivity contribution in [3.63, 3.8) is 0 Å². The fourth-order valence-electron chi connectivity index (χ4n) is 3.05. The molecule has 21 heavy (non-hydrogen) atoms. The number of carbonyl (C=O) groups is 1. The first-order valence-electron chi connectivity index (χ1n) is 7.74. The third-order valence-corrected chi connectivity index (χ3v) is 5.02. The molecule has 2 fully saturated rings. The third-order valence-electron chi connectivity index (χ3n) is 4.37. The van der Waals surface area contributed by atoms with Gasteiger partial charge in [0.05, 0.1) is 5.56 Å². The monoisotopic (exact) mass is 351 g/mol. The molecule has 0 aromatic heterocycles. The lowest BCUT2D eigenvalue weighted by Crippen LogP contribution is -2.44. The van der Waals surface area contributed by atoms with Crippen molar-refractivity contribution < 1.29 is 4.79 Å². The van der Waals surface area contributed by atoms with Gasteiger partial charge < -0.3 is 16.0 Å². The van der Waals surface area contributed by atoms with Crippen LogP contribution >= 0.6 is 15.9 Å². The van der Waals surface area contributed by atoms with Crippen LogP contribution in [0.25, 0.3) is 0 Å². The van der Waals surface area contributed by atoms with Crippen molar-refractivity contribution in [1.82, 2.24) is 5.32 Å². The lowest BCUT2D eigenvalue weighted by molar-refractivity contribution is 0.0999. The zero-order valence-corrected chi connectivity index (χ0v) is 13.7. The van der Waals surface area contributed by atoms with Gasteiger partial charge in [0.25, 0.3) is 0 Å². The Labute approximate surface area is 134 Å². The SMILES string of the molecule is NC(=O)c1ccc(N(CC2CCCCN2)C2CC2)cc1Br. The Balaban J connectivity index is 1.77. The summed E-state index contributed by atoms with van der Waals surface area (Å²) >= 11 is 3.47. The van der Waals surface area contributed by atoms with Crippen LogP contribution in [0.5, 0.6) is 0 Å². The molecular formula is C16H22BrN3O. The normalized spacial score (nSPS) is 22.0. The van der Waals surface area contributed by atoms with Crippen LogP contribution in [0.2, 0.25) is 0 Å². The van der Waals surface area contributed by atoms with Gasteiger partial charge in [0.2, 0.25) is 5.91 Å². The number of benzene rings is 1. The van der Waals surface area contributed by atoms with E-state index in [1.54, 1.807) is 0 Å². The summed E-state index contributed by atoms with van der Waals surface area (Å²) < 4.78 is 0.787. The number of nitrogens with zero attached hydrogens (tertiary/aromatic N) is 1. The number of amides is 1. The second kappa shape index (κ2) is 6.36. The first-order valence-corrected chi connectivity index (χ1v) is 8.54. The highest BCUT2D eigenvalue weighted by Gasteiger charge is 2.31. The fourth-order valence-corrected chi connectivity index (χ4v) is 3.61. The van der Waals surface area contributed by atoms with Crippen LogP contribution in [0.15, 0.2) is 22.7 Å². The molecule has 0 radical (unpaired) electrons. The van der Waals surface area contributed by atoms with Crippen molar-refractivity contribution >= 4 is 27.5 Å². The van der Waals surface area contributed by atoms with E-state index in [-0.39, 0.29) is 5.91 Å². The second-order valence-corrected chi connectivity index (χ2v) is 6.91. The standard InChI is InChI=1S/C16H22BrN3O/c17-15-9-13(6-7-14(15)16(18)21)20(12-4-5-12)10-11-3-1-2-8-19-11/h6-7,9,11-12,19H,1-5,8,10H2,(H2,18,21). The van der Waals surface area contributed by atoms with Gasteiger partial charge in [0.1, 0.15) is 0 Å². The van der Waals surface area contributed by atoms with Gasteiger partial charge in [-0.05, 0) is 66.4 Å². The van der Waals surface area contributed by atoms with Gasteiger partial charge in [0, 0.05) is 28.8 Å². The van der Waals surface area contributed by atoms with Crippen molar-refractivity contribution in [1.29, 1.82) is 0 Å². The zero-order chi connectivity index (χ0) is 14.8. The maximum atomic E-state index is 11.3. The topological polar surface area (TPSA) is 58.4 Å². The van der Waals surface area contributed by atoms with Crippen molar-refractivity contribution in [2.75, 3.05) is 18.0 Å². The summed E-state index contributed by atoms with van der Waals surface area (Å²) in [5, 5.41) is 3.62. The summed E-state index contributed by atoms with van der Waals surface area (Å²) in [6.07, 6.45) is 6.40. The molecule has 3 rings (SSSR count). The van der Waals surface area contributed by atoms with Crippen LogP contribution in [0.4, 0.5) is 5.69 Å². The predicted octanol–water partition coefficient (Wildman–Crippen LogP) is 2.66. The first-order chi connectivity index (χ1) is 10.1. The summed E-state index contributed by atoms with van der Waals surface area (Å²) in [5.74, 6) is -0.389. The van der Waals surface area contributed by atoms with E-state index in [1.165, 1.54) is 37.8 Å². The minimum Gasteiger partial charge on any atom is -0.367 e. The van der Waals surface area contributed by atoms with Crippen molar-refractivity contribution in [2.45, 2.75) is 44.2 Å². The van der Waals surface area contributed by atoms with Gasteiger partial charge in [-0.1, -0.05) is 6.42 Å². The van der Waals surface area contributed by atoms with Crippen LogP contribution in [-0.2, 0) is 0 Å². The number of halogens is 1. The Bertz CT molecular complexity index is 524. The van der Waals surface area contributed by atoms with E-state index in [0.717, 1.165) is 17.6 Å². The summed E-state index contributed by atoms with van der Waals surface area (Å²) in [7, 11) is 0. The Morgan fingerprint density at radius 2 is 2.14 bits per heavy atom. The number of rotatable bonds is 5. The summed E-state index contributed by atoms with van der Waals surface area (Å²) in [5.41, 5.74) is 7.10. The molecule has 1 saturated carbocycles. The largest absolute Gasteiger partial charge is 0.367 e. The van der Waals surface area contributed by atoms with Crippen LogP contribution in [-0.4, -0.2) is 31.1 Å². The molecule has 5 heteroatoms. The van der Waals surface area contributed by atoms with E-state index in [1.807, 2.05) is 18.2 Å². The molecule has 0 bridgehead atoms. The molecule has 1 unspecified atom stereocenters. The molecule has 1 aliphatic heterocycles. The lowest BCUT2D eigenvalue weighted by atomic mass is 10.0. The lowest BCUT2D eigenvalue weighted by Gasteiger charge is -2.32. The molecule has 4 nitrogen and oxygen atoms in total. The maximum Gasteiger partial charge on any atom is 0.249 e. The first kappa shape index (κ1) is 14.9. The molecule has 1 amide bonds. The molecule has 1 aliphatic carbocycles. The number of nitrogens with one attached hydrogen (secondary N) is 1. The molecule has 2 aliphatic rings. The van der Waals surface area contributed by atoms with Gasteiger partial charge in [0.15, 0.2) is 0 Å². The molecule has 0 spiro atoms. The minimum atomic E-state index is -0.389. The molecule has 114 valence electrons. The van der Waals surface area contributed by atoms with Gasteiger partial charge >= 0.3 is 0 Å². The number of piperidine rings is 1. The number of hydrogen-bond acceptors (Lipinski definition) is 3. The Hall–Kier alpha value is -1.07. The molecule has 1 aromatic carbocycles. The van der Waals surface area contributed by atoms with Crippen LogP contribution in [0.3, 0.4) is 0 Å². The highest BCUT2D eigenvalue weighted by Crippen LogP contribution is 2.34. The summed E-state index contributed by atoms with van der Waals surface area (Å²) in [4.78, 5) is 13.8. The molecule has 3 N–H and O–H groups in total. The molecule has 1 saturated heterocycles. The Kier molecular flexibility index (Phi) is 4.50. The molecular weight excluding hydrogens is 330 g/mol. The molecule has 1 aromatic rings. The average molecular weight is 352 g/mol. The predicted molar refractivity (Wildman–Crippen MR) is 88.7 cm³/mol.